The number of aryl methyl sites for hydroxylation is 2. The lowest BCUT2D eigenvalue weighted by atomic mass is 9.91. The molecule has 2 aromatic rings. The van der Waals surface area contributed by atoms with Gasteiger partial charge in [-0.3, -0.25) is 0 Å². The van der Waals surface area contributed by atoms with E-state index in [9.17, 15) is 5.53 Å². The van der Waals surface area contributed by atoms with Crippen molar-refractivity contribution in [3.05, 3.63) is 87.5 Å². The molecule has 1 heterocycles. The zero-order valence-corrected chi connectivity index (χ0v) is 22.7. The maximum Gasteiger partial charge on any atom is 0.211 e. The van der Waals surface area contributed by atoms with Gasteiger partial charge in [-0.2, -0.15) is 0 Å². The fraction of sp³-hybridized carbons (Fsp3) is 0.515. The second-order valence-corrected chi connectivity index (χ2v) is 10.1. The van der Waals surface area contributed by atoms with Crippen LogP contribution in [0.1, 0.15) is 121 Å². The minimum Gasteiger partial charge on any atom is -0.493 e. The summed E-state index contributed by atoms with van der Waals surface area (Å²) in [6, 6.07) is 17.8. The maximum absolute atomic E-state index is 11.8. The first kappa shape index (κ1) is 27.1. The van der Waals surface area contributed by atoms with Crippen LogP contribution in [0, 0.1) is 0 Å². The summed E-state index contributed by atoms with van der Waals surface area (Å²) >= 11 is 0. The molecular weight excluding hydrogens is 424 g/mol. The highest BCUT2D eigenvalue weighted by molar-refractivity contribution is 5.82. The molecule has 0 aliphatic carbocycles. The molecule has 0 aromatic heterocycles. The molecule has 0 atom stereocenters. The topological polar surface area (TPSA) is 25.3 Å². The van der Waals surface area contributed by atoms with Crippen LogP contribution in [0.4, 0.5) is 0 Å². The van der Waals surface area contributed by atoms with Crippen LogP contribution >= 0.6 is 0 Å². The van der Waals surface area contributed by atoms with E-state index >= 15 is 0 Å². The van der Waals surface area contributed by atoms with Gasteiger partial charge in [0.15, 0.2) is 0 Å². The molecule has 0 radical (unpaired) electrons. The van der Waals surface area contributed by atoms with Crippen molar-refractivity contribution < 1.29 is 4.70 Å². The zero-order chi connectivity index (χ0) is 25.0. The fourth-order valence-electron chi connectivity index (χ4n) is 5.20. The molecule has 0 unspecified atom stereocenters. The van der Waals surface area contributed by atoms with Crippen molar-refractivity contribution in [1.29, 1.82) is 0 Å². The van der Waals surface area contributed by atoms with Crippen LogP contribution in [0.2, 0.25) is 0 Å². The molecule has 3 rings (SSSR count). The summed E-state index contributed by atoms with van der Waals surface area (Å²) in [6.45, 7) is 9.01. The van der Waals surface area contributed by atoms with Gasteiger partial charge in [0.05, 0.1) is 0 Å². The summed E-state index contributed by atoms with van der Waals surface area (Å²) < 4.78 is 1.54. The van der Waals surface area contributed by atoms with Gasteiger partial charge in [0.2, 0.25) is 11.4 Å². The molecule has 0 saturated carbocycles. The van der Waals surface area contributed by atoms with Crippen LogP contribution < -0.4 is 0 Å². The van der Waals surface area contributed by atoms with Crippen LogP contribution in [-0.2, 0) is 12.8 Å². The molecule has 0 fully saturated rings. The number of allylic oxidation sites excluding steroid dienone is 2. The average molecular weight is 471 g/mol. The third kappa shape index (κ3) is 7.03. The molecule has 0 bridgehead atoms. The number of benzene rings is 2. The molecule has 1 aliphatic rings. The third-order valence-electron chi connectivity index (χ3n) is 7.21. The molecule has 2 heteroatoms. The summed E-state index contributed by atoms with van der Waals surface area (Å²) in [5, 5.41) is 0. The number of rotatable bonds is 15. The summed E-state index contributed by atoms with van der Waals surface area (Å²) in [4.78, 5) is 0. The monoisotopic (exact) mass is 470 g/mol. The van der Waals surface area contributed by atoms with E-state index in [-0.39, 0.29) is 0 Å². The first-order valence-corrected chi connectivity index (χ1v) is 14.3. The second kappa shape index (κ2) is 14.2. The summed E-state index contributed by atoms with van der Waals surface area (Å²) in [5.74, 6) is 0. The Kier molecular flexibility index (Phi) is 11.0. The summed E-state index contributed by atoms with van der Waals surface area (Å²) in [6.07, 6.45) is 14.9. The van der Waals surface area contributed by atoms with Crippen LogP contribution in [0.25, 0.3) is 16.9 Å². The Labute approximate surface area is 214 Å². The Balaban J connectivity index is 2.07. The van der Waals surface area contributed by atoms with Gasteiger partial charge in [0.1, 0.15) is 0 Å². The molecule has 0 spiro atoms. The van der Waals surface area contributed by atoms with E-state index in [0.717, 1.165) is 73.9 Å². The molecule has 2 nitrogen and oxygen atoms in total. The Hall–Kier alpha value is -2.48. The largest absolute Gasteiger partial charge is 0.493 e. The minimum absolute atomic E-state index is 1.01. The van der Waals surface area contributed by atoms with Crippen molar-refractivity contribution in [2.75, 3.05) is 0 Å². The van der Waals surface area contributed by atoms with Crippen molar-refractivity contribution in [3.8, 4) is 0 Å². The van der Waals surface area contributed by atoms with E-state index in [4.69, 9.17) is 0 Å². The lowest BCUT2D eigenvalue weighted by Gasteiger charge is -2.11. The van der Waals surface area contributed by atoms with Crippen molar-refractivity contribution >= 4 is 11.4 Å². The van der Waals surface area contributed by atoms with Gasteiger partial charge >= 0.3 is 0 Å². The first-order chi connectivity index (χ1) is 17.1. The van der Waals surface area contributed by atoms with E-state index in [2.05, 4.69) is 76.2 Å². The molecule has 1 aliphatic heterocycles. The molecule has 0 saturated heterocycles. The molecule has 188 valence electrons. The summed E-state index contributed by atoms with van der Waals surface area (Å²) in [7, 11) is 0. The second-order valence-electron chi connectivity index (χ2n) is 10.1. The number of nitrogens with zero attached hydrogens (tertiary/aromatic N) is 2. The van der Waals surface area contributed by atoms with E-state index < -0.39 is 0 Å². The van der Waals surface area contributed by atoms with Gasteiger partial charge in [-0.25, -0.2) is 4.70 Å². The van der Waals surface area contributed by atoms with Gasteiger partial charge < -0.3 is 5.53 Å². The highest BCUT2D eigenvalue weighted by Crippen LogP contribution is 2.44. The molecule has 0 amide bonds. The quantitative estimate of drug-likeness (QED) is 0.183. The van der Waals surface area contributed by atoms with Crippen LogP contribution in [0.15, 0.2) is 59.7 Å². The van der Waals surface area contributed by atoms with Gasteiger partial charge in [-0.15, -0.1) is 0 Å². The van der Waals surface area contributed by atoms with Crippen molar-refractivity contribution in [1.82, 2.24) is 0 Å². The van der Waals surface area contributed by atoms with E-state index in [0.29, 0.717) is 0 Å². The third-order valence-corrected chi connectivity index (χ3v) is 7.21. The first-order valence-electron chi connectivity index (χ1n) is 14.3. The lowest BCUT2D eigenvalue weighted by Crippen LogP contribution is -2.03. The van der Waals surface area contributed by atoms with E-state index in [1.807, 2.05) is 0 Å². The molecule has 0 N–H and O–H groups in total. The molecule has 2 aromatic carbocycles. The Morgan fingerprint density at radius 2 is 0.971 bits per heavy atom. The van der Waals surface area contributed by atoms with Crippen molar-refractivity contribution in [2.24, 2.45) is 0 Å². The number of hydrogen-bond donors (Lipinski definition) is 0. The fourth-order valence-corrected chi connectivity index (χ4v) is 5.20. The normalized spacial score (nSPS) is 13.9. The average Bonchev–Trinajstić information content (AvgIpc) is 3.16. The Bertz CT molecular complexity index is 1040. The SMILES string of the molecule is CCCCCc1cccc(C2=C(CCCC)C(CCCC)=C(c3cccc(CCCC)c3)[N+]2=[N-])c1. The summed E-state index contributed by atoms with van der Waals surface area (Å²) in [5.41, 5.74) is 21.5. The molecular formula is C33H46N2. The van der Waals surface area contributed by atoms with E-state index in [1.54, 1.807) is 4.70 Å². The van der Waals surface area contributed by atoms with Crippen molar-refractivity contribution in [3.63, 3.8) is 0 Å². The van der Waals surface area contributed by atoms with Gasteiger partial charge in [-0.1, -0.05) is 84.1 Å². The zero-order valence-electron chi connectivity index (χ0n) is 22.7. The highest BCUT2D eigenvalue weighted by atomic mass is 15.2. The lowest BCUT2D eigenvalue weighted by molar-refractivity contribution is -0.345. The predicted octanol–water partition coefficient (Wildman–Crippen LogP) is 10.3. The number of unbranched alkanes of at least 4 members (excludes halogenated alkanes) is 5. The van der Waals surface area contributed by atoms with Gasteiger partial charge in [0, 0.05) is 22.3 Å². The van der Waals surface area contributed by atoms with E-state index in [1.165, 1.54) is 54.4 Å². The molecule has 35 heavy (non-hydrogen) atoms. The predicted molar refractivity (Wildman–Crippen MR) is 151 cm³/mol. The van der Waals surface area contributed by atoms with Crippen LogP contribution in [0.5, 0.6) is 0 Å². The standard InChI is InChI=1S/C33H46N2/c1-5-9-13-17-27-19-15-21-29(25-27)33-31(23-12-8-4)30(22-11-7-3)32(35(33)34)28-20-14-18-26(24-28)16-10-6-2/h14-15,18-21,24-25H,5-13,16-17,22-23H2,1-4H3. The Morgan fingerprint density at radius 1 is 0.543 bits per heavy atom. The van der Waals surface area contributed by atoms with Gasteiger partial charge in [-0.05, 0) is 86.8 Å². The van der Waals surface area contributed by atoms with Crippen molar-refractivity contribution in [2.45, 2.75) is 111 Å². The van der Waals surface area contributed by atoms with Gasteiger partial charge in [0.25, 0.3) is 0 Å². The minimum atomic E-state index is 1.01. The smallest absolute Gasteiger partial charge is 0.211 e. The van der Waals surface area contributed by atoms with Crippen LogP contribution in [0.3, 0.4) is 0 Å². The number of hydrogen-bond acceptors (Lipinski definition) is 0. The Morgan fingerprint density at radius 3 is 1.43 bits per heavy atom. The highest BCUT2D eigenvalue weighted by Gasteiger charge is 2.35. The van der Waals surface area contributed by atoms with Crippen LogP contribution in [-0.4, -0.2) is 4.70 Å². The maximum atomic E-state index is 11.8.